The molecule has 434 valence electrons. The predicted octanol–water partition coefficient (Wildman–Crippen LogP) is 7.61. The van der Waals surface area contributed by atoms with E-state index in [1.807, 2.05) is 23.0 Å². The fourth-order valence-corrected chi connectivity index (χ4v) is 15.5. The highest BCUT2D eigenvalue weighted by Gasteiger charge is 2.59. The van der Waals surface area contributed by atoms with E-state index in [2.05, 4.69) is 106 Å². The summed E-state index contributed by atoms with van der Waals surface area (Å²) in [6.45, 7) is 16.7. The van der Waals surface area contributed by atoms with Gasteiger partial charge in [-0.15, -0.1) is 0 Å². The Hall–Kier alpha value is -5.39. The predicted molar refractivity (Wildman–Crippen MR) is 314 cm³/mol. The van der Waals surface area contributed by atoms with Gasteiger partial charge >= 0.3 is 5.97 Å². The summed E-state index contributed by atoms with van der Waals surface area (Å²) >= 11 is 0. The number of esters is 1. The number of nitrogens with one attached hydrogen (secondary N) is 2. The minimum absolute atomic E-state index is 0.0909. The number of hydrazine groups is 1. The van der Waals surface area contributed by atoms with Gasteiger partial charge in [0.25, 0.3) is 5.91 Å². The van der Waals surface area contributed by atoms with E-state index in [0.29, 0.717) is 44.8 Å². The first-order valence-corrected chi connectivity index (χ1v) is 31.1. The van der Waals surface area contributed by atoms with Gasteiger partial charge < -0.3 is 29.2 Å². The molecule has 3 amide bonds. The van der Waals surface area contributed by atoms with Gasteiger partial charge in [-0.05, 0) is 150 Å². The first kappa shape index (κ1) is 53.6. The second-order valence-electron chi connectivity index (χ2n) is 26.7. The summed E-state index contributed by atoms with van der Waals surface area (Å²) in [5, 5.41) is 6.09. The number of rotatable bonds is 12. The van der Waals surface area contributed by atoms with E-state index >= 15 is 9.59 Å². The van der Waals surface area contributed by atoms with Crippen LogP contribution in [0.4, 0.5) is 5.69 Å². The largest absolute Gasteiger partial charge is 0.464 e. The van der Waals surface area contributed by atoms with Gasteiger partial charge in [0.1, 0.15) is 18.1 Å². The summed E-state index contributed by atoms with van der Waals surface area (Å²) in [6.07, 6.45) is 14.2. The van der Waals surface area contributed by atoms with Gasteiger partial charge in [-0.1, -0.05) is 57.0 Å². The van der Waals surface area contributed by atoms with Gasteiger partial charge in [0, 0.05) is 113 Å². The summed E-state index contributed by atoms with van der Waals surface area (Å²) in [4.78, 5) is 75.6. The molecule has 2 N–H and O–H groups in total. The lowest BCUT2D eigenvalue weighted by molar-refractivity contribution is -0.155. The number of fused-ring (bicyclic) bond motifs is 6. The van der Waals surface area contributed by atoms with E-state index in [9.17, 15) is 9.59 Å². The van der Waals surface area contributed by atoms with E-state index in [4.69, 9.17) is 15.8 Å². The molecular weight excluding hydrogens is 1020 g/mol. The highest BCUT2D eigenvalue weighted by molar-refractivity contribution is 5.96. The Kier molecular flexibility index (Phi) is 14.5. The van der Waals surface area contributed by atoms with Gasteiger partial charge in [0.2, 0.25) is 11.8 Å². The molecule has 16 heteroatoms. The number of carbonyl (C=O) groups is 4. The molecule has 6 aliphatic heterocycles. The summed E-state index contributed by atoms with van der Waals surface area (Å²) in [5.41, 5.74) is 12.1. The van der Waals surface area contributed by atoms with E-state index in [0.717, 1.165) is 153 Å². The molecule has 2 aromatic heterocycles. The van der Waals surface area contributed by atoms with Crippen molar-refractivity contribution in [2.24, 2.45) is 22.7 Å². The molecule has 16 nitrogen and oxygen atoms in total. The standard InChI is InChI=1S/C65H88N10O6/c1-7-74-54-22-19-46-34-49(54)51(58(74)50-35-48(37-66-55(50)41(2)80-6)71-30-28-70(29-31-71)47-20-21-47)36-64(3,4)40-81-63(79)52-16-11-25-75(68-52)61(77)53(33-42-12-10-15-45(46)32-42)67-60(76)57(43-13-8-9-14-43)72-26-23-65(38-72)24-27-73(39-65)62(78)59-56(69(59)5)44-17-18-44/h10,12,15,19,22,32,34-35,37,41,43-44,47,52-53,56-57,59,68H,7-9,11,13-14,16-18,20-21,23-31,33,36,38-40H2,1-6H3,(H,67,76)/t41-,52-,53-,56+,57-,59+,65-,69?/m0/s1/i56D. The van der Waals surface area contributed by atoms with Crippen LogP contribution in [0.2, 0.25) is 0 Å². The number of cyclic esters (lactones) is 1. The van der Waals surface area contributed by atoms with Crippen molar-refractivity contribution in [2.45, 2.75) is 166 Å². The normalized spacial score (nSPS) is 30.4. The first-order chi connectivity index (χ1) is 39.5. The third-order valence-electron chi connectivity index (χ3n) is 20.4. The highest BCUT2D eigenvalue weighted by atomic mass is 16.5. The van der Waals surface area contributed by atoms with Crippen LogP contribution in [0.1, 0.15) is 129 Å². The molecule has 8 atom stereocenters. The molecule has 8 fully saturated rings. The van der Waals surface area contributed by atoms with Crippen LogP contribution in [0.15, 0.2) is 54.7 Å². The number of nitrogens with zero attached hydrogens (tertiary/aromatic N) is 8. The Labute approximate surface area is 481 Å². The van der Waals surface area contributed by atoms with Crippen molar-refractivity contribution in [2.75, 3.05) is 84.6 Å². The van der Waals surface area contributed by atoms with Crippen molar-refractivity contribution in [1.29, 1.82) is 0 Å². The number of amides is 3. The van der Waals surface area contributed by atoms with Gasteiger partial charge in [0.15, 0.2) is 0 Å². The number of carbonyl (C=O) groups excluding carboxylic acids is 4. The Morgan fingerprint density at radius 2 is 1.69 bits per heavy atom. The number of anilines is 1. The van der Waals surface area contributed by atoms with Crippen molar-refractivity contribution in [3.63, 3.8) is 0 Å². The zero-order valence-electron chi connectivity index (χ0n) is 50.0. The first-order valence-electron chi connectivity index (χ1n) is 31.6. The van der Waals surface area contributed by atoms with E-state index in [-0.39, 0.29) is 54.2 Å². The topological polar surface area (TPSA) is 148 Å². The van der Waals surface area contributed by atoms with Crippen LogP contribution in [-0.4, -0.2) is 174 Å². The average molecular weight is 1110 g/mol. The molecule has 6 bridgehead atoms. The Balaban J connectivity index is 0.827. The Morgan fingerprint density at radius 3 is 2.44 bits per heavy atom. The minimum atomic E-state index is -0.916. The number of ether oxygens (including phenoxy) is 2. The molecule has 81 heavy (non-hydrogen) atoms. The smallest absolute Gasteiger partial charge is 0.324 e. The van der Waals surface area contributed by atoms with Crippen LogP contribution in [-0.2, 0) is 48.0 Å². The molecule has 3 saturated carbocycles. The minimum Gasteiger partial charge on any atom is -0.464 e. The molecule has 1 spiro atoms. The molecule has 4 aromatic rings. The maximum atomic E-state index is 15.4. The molecule has 0 radical (unpaired) electrons. The van der Waals surface area contributed by atoms with Crippen LogP contribution < -0.4 is 15.6 Å². The van der Waals surface area contributed by atoms with Gasteiger partial charge in [-0.25, -0.2) is 5.43 Å². The molecule has 13 rings (SSSR count). The van der Waals surface area contributed by atoms with Crippen LogP contribution in [0.3, 0.4) is 0 Å². The lowest BCUT2D eigenvalue weighted by Gasteiger charge is -2.37. The van der Waals surface area contributed by atoms with Crippen molar-refractivity contribution in [3.8, 4) is 22.4 Å². The van der Waals surface area contributed by atoms with Gasteiger partial charge in [-0.2, -0.15) is 0 Å². The fraction of sp³-hybridized carbons (Fsp3) is 0.646. The summed E-state index contributed by atoms with van der Waals surface area (Å²) in [5.74, 6) is -0.258. The van der Waals surface area contributed by atoms with Crippen LogP contribution in [0.25, 0.3) is 33.3 Å². The maximum Gasteiger partial charge on any atom is 0.324 e. The maximum absolute atomic E-state index is 15.4. The third-order valence-corrected chi connectivity index (χ3v) is 20.4. The number of likely N-dealkylation sites (N-methyl/N-ethyl adjacent to an activating group) is 1. The fourth-order valence-electron chi connectivity index (χ4n) is 15.5. The second-order valence-corrected chi connectivity index (χ2v) is 26.7. The molecule has 5 saturated heterocycles. The van der Waals surface area contributed by atoms with Crippen molar-refractivity contribution >= 4 is 40.3 Å². The number of benzene rings is 2. The summed E-state index contributed by atoms with van der Waals surface area (Å²) in [7, 11) is 3.68. The van der Waals surface area contributed by atoms with Crippen LogP contribution in [0, 0.1) is 22.7 Å². The summed E-state index contributed by atoms with van der Waals surface area (Å²) in [6, 6.07) is 15.1. The molecule has 3 aliphatic carbocycles. The zero-order valence-corrected chi connectivity index (χ0v) is 49.0. The van der Waals surface area contributed by atoms with Crippen molar-refractivity contribution in [3.05, 3.63) is 71.5 Å². The van der Waals surface area contributed by atoms with E-state index in [1.54, 1.807) is 12.1 Å². The van der Waals surface area contributed by atoms with Crippen molar-refractivity contribution in [1.82, 2.24) is 44.9 Å². The lowest BCUT2D eigenvalue weighted by Crippen LogP contribution is -2.62. The average Bonchev–Trinajstić information content (AvgIpc) is 4.31. The SMILES string of the molecule is [2H][C@@]1(C2CC2)[C@H](C(=O)N2CC[C@]3(CCN([C@H](C(=O)N[C@H]4Cc5cccc(c5)-c5ccc6c(c5)c(c(-c5cc(N7CCN(C8CC8)CC7)cnc5[C@H](C)OC)n6CC)CC(C)(C)COC(=O)[C@@H]5CCCN(N5)C4=O)C4CCCC4)C3)C2)N1C. The van der Waals surface area contributed by atoms with Gasteiger partial charge in [-0.3, -0.25) is 43.9 Å². The van der Waals surface area contributed by atoms with E-state index in [1.165, 1.54) is 18.4 Å². The molecule has 8 heterocycles. The zero-order chi connectivity index (χ0) is 56.8. The number of hydrogen-bond donors (Lipinski definition) is 2. The third kappa shape index (κ3) is 10.8. The molecule has 1 unspecified atom stereocenters. The van der Waals surface area contributed by atoms with E-state index < -0.39 is 35.5 Å². The number of pyridine rings is 1. The number of piperazine rings is 1. The number of methoxy groups -OCH3 is 1. The number of aryl methyl sites for hydroxylation is 1. The number of hydrogen-bond acceptors (Lipinski definition) is 12. The molecule has 9 aliphatic rings. The monoisotopic (exact) mass is 1110 g/mol. The van der Waals surface area contributed by atoms with Crippen LogP contribution in [0.5, 0.6) is 0 Å². The highest BCUT2D eigenvalue weighted by Crippen LogP contribution is 2.49. The quantitative estimate of drug-likeness (QED) is 0.106. The lowest BCUT2D eigenvalue weighted by atomic mass is 9.84. The number of likely N-dealkylation sites (tertiary alicyclic amines) is 2. The van der Waals surface area contributed by atoms with Gasteiger partial charge in [0.05, 0.1) is 42.0 Å². The number of aromatic nitrogens is 2. The van der Waals surface area contributed by atoms with Crippen molar-refractivity contribution < 1.29 is 30.0 Å². The molecular formula is C65H88N10O6. The Morgan fingerprint density at radius 1 is 0.914 bits per heavy atom. The molecule has 2 aromatic carbocycles. The second kappa shape index (κ2) is 22.0. The Bertz CT molecular complexity index is 3110. The summed E-state index contributed by atoms with van der Waals surface area (Å²) < 4.78 is 23.9. The van der Waals surface area contributed by atoms with Crippen LogP contribution >= 0.6 is 0 Å².